The van der Waals surface area contributed by atoms with Gasteiger partial charge in [-0.15, -0.1) is 0 Å². The molecular formula is C24H18I2N4O8S2. The fourth-order valence-corrected chi connectivity index (χ4v) is 5.94. The van der Waals surface area contributed by atoms with Gasteiger partial charge in [0, 0.05) is 19.3 Å². The topological polar surface area (TPSA) is 179 Å². The lowest BCUT2D eigenvalue weighted by Crippen LogP contribution is -2.14. The van der Waals surface area contributed by atoms with Crippen molar-refractivity contribution < 1.29 is 26.7 Å². The maximum absolute atomic E-state index is 12.2. The highest BCUT2D eigenvalue weighted by atomic mass is 127. The normalized spacial score (nSPS) is 11.1. The van der Waals surface area contributed by atoms with Crippen molar-refractivity contribution >= 4 is 88.0 Å². The molecule has 208 valence electrons. The van der Waals surface area contributed by atoms with Crippen LogP contribution in [0.25, 0.3) is 0 Å². The second-order valence-electron chi connectivity index (χ2n) is 7.67. The van der Waals surface area contributed by atoms with Crippen LogP contribution in [0.4, 0.5) is 22.7 Å². The van der Waals surface area contributed by atoms with Crippen molar-refractivity contribution in [2.75, 3.05) is 9.44 Å². The van der Waals surface area contributed by atoms with Gasteiger partial charge in [0.15, 0.2) is 0 Å². The summed E-state index contributed by atoms with van der Waals surface area (Å²) in [7, 11) is -7.69. The first-order valence-corrected chi connectivity index (χ1v) is 16.0. The highest BCUT2D eigenvalue weighted by molar-refractivity contribution is 14.1. The number of nitrogens with one attached hydrogen (secondary N) is 2. The molecule has 0 saturated carbocycles. The van der Waals surface area contributed by atoms with Crippen LogP contribution in [0.2, 0.25) is 0 Å². The van der Waals surface area contributed by atoms with Crippen molar-refractivity contribution in [1.29, 1.82) is 0 Å². The Bertz CT molecular complexity index is 1620. The lowest BCUT2D eigenvalue weighted by atomic mass is 10.3. The standard InChI is InChI=1S/2C12H9IN2O4S/c2*13-9-5-7-10(8-6-9)20(18,19)14-11-3-1-2-4-12(11)15(16)17/h2*1-8,14H. The Kier molecular flexibility index (Phi) is 10.4. The number of anilines is 2. The third-order valence-electron chi connectivity index (χ3n) is 4.94. The van der Waals surface area contributed by atoms with Gasteiger partial charge in [0.2, 0.25) is 0 Å². The van der Waals surface area contributed by atoms with E-state index in [1.54, 1.807) is 24.3 Å². The van der Waals surface area contributed by atoms with E-state index < -0.39 is 29.9 Å². The zero-order valence-electron chi connectivity index (χ0n) is 20.0. The van der Waals surface area contributed by atoms with E-state index in [-0.39, 0.29) is 32.5 Å². The number of hydrogen-bond donors (Lipinski definition) is 2. The Labute approximate surface area is 256 Å². The Hall–Kier alpha value is -3.36. The van der Waals surface area contributed by atoms with Gasteiger partial charge < -0.3 is 0 Å². The number of sulfonamides is 2. The molecule has 0 heterocycles. The van der Waals surface area contributed by atoms with Crippen molar-refractivity contribution in [3.05, 3.63) is 124 Å². The number of rotatable bonds is 8. The predicted octanol–water partition coefficient (Wildman–Crippen LogP) is 6.00. The molecule has 16 heteroatoms. The summed E-state index contributed by atoms with van der Waals surface area (Å²) in [6.45, 7) is 0. The van der Waals surface area contributed by atoms with Crippen molar-refractivity contribution in [3.63, 3.8) is 0 Å². The lowest BCUT2D eigenvalue weighted by Gasteiger charge is -2.08. The Morgan fingerprint density at radius 3 is 1.12 bits per heavy atom. The number of benzene rings is 4. The van der Waals surface area contributed by atoms with Gasteiger partial charge in [-0.3, -0.25) is 29.7 Å². The highest BCUT2D eigenvalue weighted by Crippen LogP contribution is 2.27. The fourth-order valence-electron chi connectivity index (χ4n) is 3.07. The van der Waals surface area contributed by atoms with Crippen LogP contribution in [0, 0.1) is 27.4 Å². The summed E-state index contributed by atoms with van der Waals surface area (Å²) in [5, 5.41) is 21.7. The van der Waals surface area contributed by atoms with Crippen molar-refractivity contribution in [2.24, 2.45) is 0 Å². The average molecular weight is 808 g/mol. The van der Waals surface area contributed by atoms with E-state index in [0.29, 0.717) is 0 Å². The molecule has 0 fully saturated rings. The van der Waals surface area contributed by atoms with E-state index in [2.05, 4.69) is 54.6 Å². The molecule has 4 aromatic carbocycles. The van der Waals surface area contributed by atoms with Gasteiger partial charge in [-0.05, 0) is 106 Å². The molecule has 0 aromatic heterocycles. The smallest absolute Gasteiger partial charge is 0.273 e. The molecule has 0 atom stereocenters. The van der Waals surface area contributed by atoms with E-state index in [4.69, 9.17) is 0 Å². The highest BCUT2D eigenvalue weighted by Gasteiger charge is 2.21. The zero-order valence-corrected chi connectivity index (χ0v) is 25.9. The average Bonchev–Trinajstić information content (AvgIpc) is 2.89. The van der Waals surface area contributed by atoms with Gasteiger partial charge in [0.1, 0.15) is 11.4 Å². The zero-order chi connectivity index (χ0) is 29.5. The molecule has 0 unspecified atom stereocenters. The molecule has 0 aliphatic rings. The number of hydrogen-bond acceptors (Lipinski definition) is 8. The monoisotopic (exact) mass is 808 g/mol. The minimum Gasteiger partial charge on any atom is -0.273 e. The van der Waals surface area contributed by atoms with Crippen molar-refractivity contribution in [3.8, 4) is 0 Å². The molecular weight excluding hydrogens is 790 g/mol. The molecule has 4 aromatic rings. The second kappa shape index (κ2) is 13.3. The molecule has 0 aliphatic heterocycles. The molecule has 0 bridgehead atoms. The molecule has 2 N–H and O–H groups in total. The first kappa shape index (κ1) is 31.2. The molecule has 0 spiro atoms. The van der Waals surface area contributed by atoms with Gasteiger partial charge in [0.05, 0.1) is 19.6 Å². The predicted molar refractivity (Wildman–Crippen MR) is 166 cm³/mol. The molecule has 0 radical (unpaired) electrons. The largest absolute Gasteiger partial charge is 0.293 e. The SMILES string of the molecule is O=[N+]([O-])c1ccccc1NS(=O)(=O)c1ccc(I)cc1.O=[N+]([O-])c1ccccc1NS(=O)(=O)c1ccc(I)cc1. The van der Waals surface area contributed by atoms with Crippen LogP contribution in [-0.4, -0.2) is 26.7 Å². The number of nitrogens with zero attached hydrogens (tertiary/aromatic N) is 2. The number of nitro groups is 2. The Balaban J connectivity index is 0.000000220. The van der Waals surface area contributed by atoms with Crippen LogP contribution in [0.3, 0.4) is 0 Å². The maximum Gasteiger partial charge on any atom is 0.293 e. The molecule has 0 saturated heterocycles. The first-order valence-electron chi connectivity index (χ1n) is 10.8. The van der Waals surface area contributed by atoms with E-state index in [1.165, 1.54) is 72.8 Å². The molecule has 0 aliphatic carbocycles. The summed E-state index contributed by atoms with van der Waals surface area (Å²) >= 11 is 4.12. The van der Waals surface area contributed by atoms with Crippen LogP contribution in [0.1, 0.15) is 0 Å². The van der Waals surface area contributed by atoms with Crippen LogP contribution in [0.5, 0.6) is 0 Å². The number of para-hydroxylation sites is 4. The van der Waals surface area contributed by atoms with E-state index >= 15 is 0 Å². The minimum absolute atomic E-state index is 0.0519. The summed E-state index contributed by atoms with van der Waals surface area (Å²) in [5.74, 6) is 0. The summed E-state index contributed by atoms with van der Waals surface area (Å²) < 4.78 is 54.9. The number of nitro benzene ring substituents is 2. The Morgan fingerprint density at radius 1 is 0.525 bits per heavy atom. The van der Waals surface area contributed by atoms with Gasteiger partial charge in [-0.25, -0.2) is 16.8 Å². The molecule has 0 amide bonds. The quantitative estimate of drug-likeness (QED) is 0.124. The maximum atomic E-state index is 12.2. The summed E-state index contributed by atoms with van der Waals surface area (Å²) in [4.78, 5) is 20.6. The van der Waals surface area contributed by atoms with E-state index in [9.17, 15) is 37.1 Å². The van der Waals surface area contributed by atoms with Gasteiger partial charge in [0.25, 0.3) is 31.4 Å². The third-order valence-corrected chi connectivity index (χ3v) is 9.14. The van der Waals surface area contributed by atoms with Gasteiger partial charge >= 0.3 is 0 Å². The fraction of sp³-hybridized carbons (Fsp3) is 0. The lowest BCUT2D eigenvalue weighted by molar-refractivity contribution is -0.384. The van der Waals surface area contributed by atoms with E-state index in [0.717, 1.165) is 7.14 Å². The summed E-state index contributed by atoms with van der Waals surface area (Å²) in [6, 6.07) is 23.5. The summed E-state index contributed by atoms with van der Waals surface area (Å²) in [6.07, 6.45) is 0. The first-order chi connectivity index (χ1) is 18.8. The van der Waals surface area contributed by atoms with Gasteiger partial charge in [-0.2, -0.15) is 0 Å². The van der Waals surface area contributed by atoms with Crippen molar-refractivity contribution in [2.45, 2.75) is 9.79 Å². The molecule has 40 heavy (non-hydrogen) atoms. The third kappa shape index (κ3) is 8.32. The van der Waals surface area contributed by atoms with Crippen LogP contribution in [0.15, 0.2) is 107 Å². The van der Waals surface area contributed by atoms with Crippen LogP contribution < -0.4 is 9.44 Å². The van der Waals surface area contributed by atoms with Crippen LogP contribution in [-0.2, 0) is 20.0 Å². The summed E-state index contributed by atoms with van der Waals surface area (Å²) in [5.41, 5.74) is -0.699. The van der Waals surface area contributed by atoms with Crippen molar-refractivity contribution in [1.82, 2.24) is 0 Å². The van der Waals surface area contributed by atoms with Crippen LogP contribution >= 0.6 is 45.2 Å². The van der Waals surface area contributed by atoms with E-state index in [1.807, 2.05) is 0 Å². The van der Waals surface area contributed by atoms with Gasteiger partial charge in [-0.1, -0.05) is 24.3 Å². The molecule has 12 nitrogen and oxygen atoms in total. The number of halogens is 2. The molecule has 4 rings (SSSR count). The minimum atomic E-state index is -3.84. The second-order valence-corrected chi connectivity index (χ2v) is 13.5. The Morgan fingerprint density at radius 2 is 0.825 bits per heavy atom.